The van der Waals surface area contributed by atoms with Crippen LogP contribution in [0.1, 0.15) is 59.9 Å². The Morgan fingerprint density at radius 3 is 2.50 bits per heavy atom. The third-order valence-electron chi connectivity index (χ3n) is 9.97. The first-order valence-corrected chi connectivity index (χ1v) is 17.1. The van der Waals surface area contributed by atoms with Gasteiger partial charge in [-0.15, -0.1) is 0 Å². The summed E-state index contributed by atoms with van der Waals surface area (Å²) in [6, 6.07) is 2.63. The second-order valence-corrected chi connectivity index (χ2v) is 14.4. The zero-order valence-electron chi connectivity index (χ0n) is 30.4. The lowest BCUT2D eigenvalue weighted by Crippen LogP contribution is -2.63. The molecule has 3 amide bonds. The van der Waals surface area contributed by atoms with E-state index in [9.17, 15) is 24.3 Å². The first kappa shape index (κ1) is 39.1. The van der Waals surface area contributed by atoms with Gasteiger partial charge in [-0.25, -0.2) is 9.59 Å². The molecule has 0 aliphatic carbocycles. The number of fused-ring (bicyclic) bond motifs is 5. The zero-order valence-corrected chi connectivity index (χ0v) is 31.2. The van der Waals surface area contributed by atoms with Gasteiger partial charge in [0.15, 0.2) is 5.72 Å². The van der Waals surface area contributed by atoms with Crippen molar-refractivity contribution in [3.63, 3.8) is 0 Å². The number of rotatable bonds is 6. The van der Waals surface area contributed by atoms with Gasteiger partial charge in [-0.3, -0.25) is 14.9 Å². The van der Waals surface area contributed by atoms with Gasteiger partial charge in [-0.1, -0.05) is 56.2 Å². The van der Waals surface area contributed by atoms with Crippen molar-refractivity contribution >= 4 is 41.2 Å². The van der Waals surface area contributed by atoms with Crippen LogP contribution in [0.15, 0.2) is 35.9 Å². The fraction of sp³-hybridized carbons (Fsp3) is 0.611. The summed E-state index contributed by atoms with van der Waals surface area (Å²) < 4.78 is 29.1. The minimum atomic E-state index is -1.82. The summed E-state index contributed by atoms with van der Waals surface area (Å²) in [6.07, 6.45) is 1.00. The van der Waals surface area contributed by atoms with Gasteiger partial charge in [0.2, 0.25) is 11.8 Å². The molecule has 0 radical (unpaired) electrons. The number of allylic oxidation sites excluding steroid dienone is 3. The third-order valence-corrected chi connectivity index (χ3v) is 10.4. The molecule has 50 heavy (non-hydrogen) atoms. The molecular formula is C36H50ClN3O10. The summed E-state index contributed by atoms with van der Waals surface area (Å²) in [5.41, 5.74) is -0.881. The Kier molecular flexibility index (Phi) is 12.0. The number of alkyl carbamates (subject to hydrolysis) is 1. The first-order valence-electron chi connectivity index (χ1n) is 16.7. The van der Waals surface area contributed by atoms with E-state index >= 15 is 0 Å². The molecule has 8 atom stereocenters. The molecule has 14 heteroatoms. The van der Waals surface area contributed by atoms with Crippen molar-refractivity contribution in [1.82, 2.24) is 10.2 Å². The predicted octanol–water partition coefficient (Wildman–Crippen LogP) is 4.17. The van der Waals surface area contributed by atoms with Crippen molar-refractivity contribution in [3.05, 3.63) is 46.5 Å². The third kappa shape index (κ3) is 8.11. The number of carbonyl (C=O) groups excluding carboxylic acids is 4. The molecule has 2 fully saturated rings. The van der Waals surface area contributed by atoms with Crippen LogP contribution in [0.3, 0.4) is 0 Å². The van der Waals surface area contributed by atoms with E-state index in [1.165, 1.54) is 31.1 Å². The van der Waals surface area contributed by atoms with E-state index in [4.69, 9.17) is 35.3 Å². The fourth-order valence-electron chi connectivity index (χ4n) is 6.60. The maximum atomic E-state index is 14.1. The normalized spacial score (nSPS) is 32.5. The van der Waals surface area contributed by atoms with Crippen molar-refractivity contribution in [2.45, 2.75) is 103 Å². The minimum absolute atomic E-state index is 0.0449. The minimum Gasteiger partial charge on any atom is -0.495 e. The van der Waals surface area contributed by atoms with E-state index in [0.717, 1.165) is 11.1 Å². The number of esters is 1. The number of hydrogen-bond acceptors (Lipinski definition) is 10. The van der Waals surface area contributed by atoms with E-state index in [2.05, 4.69) is 5.32 Å². The van der Waals surface area contributed by atoms with E-state index in [1.54, 1.807) is 66.0 Å². The molecule has 0 spiro atoms. The number of hydrogen-bond donors (Lipinski definition) is 2. The Balaban J connectivity index is 1.78. The highest BCUT2D eigenvalue weighted by Crippen LogP contribution is 2.49. The lowest BCUT2D eigenvalue weighted by atomic mass is 9.83. The number of amides is 3. The molecule has 3 aliphatic rings. The number of epoxide rings is 1. The number of carbonyl (C=O) groups is 4. The van der Waals surface area contributed by atoms with Crippen LogP contribution < -0.4 is 15.0 Å². The molecule has 2 saturated heterocycles. The Hall–Kier alpha value is -3.65. The van der Waals surface area contributed by atoms with Gasteiger partial charge in [0, 0.05) is 39.5 Å². The smallest absolute Gasteiger partial charge is 0.409 e. The van der Waals surface area contributed by atoms with Crippen LogP contribution in [0, 0.1) is 11.8 Å². The van der Waals surface area contributed by atoms with Crippen molar-refractivity contribution in [2.75, 3.05) is 33.2 Å². The zero-order chi connectivity index (χ0) is 37.3. The number of benzene rings is 1. The van der Waals surface area contributed by atoms with Gasteiger partial charge in [0.25, 0.3) is 0 Å². The van der Waals surface area contributed by atoms with Crippen molar-refractivity contribution < 1.29 is 48.0 Å². The molecular weight excluding hydrogens is 670 g/mol. The molecule has 1 aromatic rings. The monoisotopic (exact) mass is 719 g/mol. The first-order chi connectivity index (χ1) is 23.4. The highest BCUT2D eigenvalue weighted by molar-refractivity contribution is 6.35. The standard InChI is InChI=1S/C36H50ClN3O10/c1-19(2)32(42)39(7)22(5)33(43)49-28-17-29(41)40(8)24-15-23(16-25(46-9)30(24)37)14-20(3)12-11-13-27(47-10)36(45)18-26(48-34(44)38-36)21(4)31-35(28,6)50-31/h11-13,15-16,19,21-22,26-28,31,45H,14,17-18H2,1-10H3,(H,38,44)/b13-11+,20-12+/t21-,22?,26+,27-,28-,31-,35+,36+/m1/s1. The van der Waals surface area contributed by atoms with Gasteiger partial charge in [0.05, 0.1) is 25.3 Å². The van der Waals surface area contributed by atoms with E-state index in [1.807, 2.05) is 13.0 Å². The highest BCUT2D eigenvalue weighted by Gasteiger charge is 2.64. The molecule has 13 nitrogen and oxygen atoms in total. The number of methoxy groups -OCH3 is 2. The van der Waals surface area contributed by atoms with Crippen LogP contribution >= 0.6 is 11.6 Å². The summed E-state index contributed by atoms with van der Waals surface area (Å²) in [5.74, 6) is -1.88. The summed E-state index contributed by atoms with van der Waals surface area (Å²) in [5, 5.41) is 14.4. The van der Waals surface area contributed by atoms with Crippen LogP contribution in [0.4, 0.5) is 10.5 Å². The lowest BCUT2D eigenvalue weighted by molar-refractivity contribution is -0.162. The number of ether oxygens (including phenoxy) is 5. The molecule has 3 aliphatic heterocycles. The molecule has 276 valence electrons. The molecule has 0 aromatic heterocycles. The second kappa shape index (κ2) is 15.3. The molecule has 2 N–H and O–H groups in total. The number of nitrogens with zero attached hydrogens (tertiary/aromatic N) is 2. The second-order valence-electron chi connectivity index (χ2n) is 14.0. The largest absolute Gasteiger partial charge is 0.495 e. The van der Waals surface area contributed by atoms with Crippen molar-refractivity contribution in [3.8, 4) is 5.75 Å². The summed E-state index contributed by atoms with van der Waals surface area (Å²) in [4.78, 5) is 55.8. The molecule has 4 rings (SSSR count). The average Bonchev–Trinajstić information content (AvgIpc) is 3.76. The van der Waals surface area contributed by atoms with E-state index in [0.29, 0.717) is 17.9 Å². The predicted molar refractivity (Wildman–Crippen MR) is 186 cm³/mol. The summed E-state index contributed by atoms with van der Waals surface area (Å²) >= 11 is 6.74. The van der Waals surface area contributed by atoms with Gasteiger partial charge in [-0.05, 0) is 44.9 Å². The number of halogens is 1. The number of likely N-dealkylation sites (N-methyl/N-ethyl adjacent to an activating group) is 1. The lowest BCUT2D eigenvalue weighted by Gasteiger charge is -2.42. The average molecular weight is 720 g/mol. The number of aliphatic hydroxyl groups is 1. The maximum absolute atomic E-state index is 14.1. The number of nitrogens with one attached hydrogen (secondary N) is 1. The van der Waals surface area contributed by atoms with Crippen molar-refractivity contribution in [1.29, 1.82) is 0 Å². The Morgan fingerprint density at radius 1 is 1.20 bits per heavy atom. The Bertz CT molecular complexity index is 1550. The van der Waals surface area contributed by atoms with E-state index in [-0.39, 0.29) is 29.7 Å². The quantitative estimate of drug-likeness (QED) is 0.323. The molecule has 1 unspecified atom stereocenters. The topological polar surface area (TPSA) is 156 Å². The van der Waals surface area contributed by atoms with Crippen LogP contribution in [-0.2, 0) is 39.8 Å². The summed E-state index contributed by atoms with van der Waals surface area (Å²) in [7, 11) is 6.02. The number of anilines is 1. The molecule has 0 saturated carbocycles. The maximum Gasteiger partial charge on any atom is 0.409 e. The van der Waals surface area contributed by atoms with Crippen LogP contribution in [0.2, 0.25) is 5.02 Å². The van der Waals surface area contributed by atoms with E-state index < -0.39 is 65.7 Å². The Morgan fingerprint density at radius 2 is 1.88 bits per heavy atom. The molecule has 1 aromatic carbocycles. The van der Waals surface area contributed by atoms with Gasteiger partial charge in [-0.2, -0.15) is 0 Å². The van der Waals surface area contributed by atoms with Crippen LogP contribution in [-0.4, -0.2) is 104 Å². The van der Waals surface area contributed by atoms with Gasteiger partial charge >= 0.3 is 12.1 Å². The van der Waals surface area contributed by atoms with Crippen molar-refractivity contribution in [2.24, 2.45) is 11.8 Å². The molecule has 3 heterocycles. The SMILES string of the molecule is COc1cc2cc(c1Cl)N(C)C(=O)C[C@@H](OC(=O)C(C)N(C)C(=O)C(C)C)[C@]1(C)O[C@@H]1[C@H](C)[C@@H]1C[C@@](O)(NC(=O)O1)[C@H](OC)/C=C/C=C(\C)C2. The Labute approximate surface area is 298 Å². The summed E-state index contributed by atoms with van der Waals surface area (Å²) in [6.45, 7) is 10.5. The molecule has 4 bridgehead atoms. The van der Waals surface area contributed by atoms with Gasteiger partial charge < -0.3 is 38.6 Å². The highest BCUT2D eigenvalue weighted by atomic mass is 35.5. The van der Waals surface area contributed by atoms with Gasteiger partial charge in [0.1, 0.15) is 40.7 Å². The van der Waals surface area contributed by atoms with Crippen LogP contribution in [0.5, 0.6) is 5.75 Å². The van der Waals surface area contributed by atoms with Crippen LogP contribution in [0.25, 0.3) is 0 Å². The fourth-order valence-corrected chi connectivity index (χ4v) is 6.91.